The van der Waals surface area contributed by atoms with Gasteiger partial charge in [0, 0.05) is 31.0 Å². The molecule has 3 rings (SSSR count). The van der Waals surface area contributed by atoms with E-state index >= 15 is 0 Å². The lowest BCUT2D eigenvalue weighted by molar-refractivity contribution is 0.0694. The van der Waals surface area contributed by atoms with Crippen LogP contribution in [0.2, 0.25) is 0 Å². The molecule has 0 bridgehead atoms. The number of benzene rings is 1. The lowest BCUT2D eigenvalue weighted by Gasteiger charge is -2.23. The summed E-state index contributed by atoms with van der Waals surface area (Å²) in [7, 11) is -3.29. The van der Waals surface area contributed by atoms with Crippen molar-refractivity contribution < 1.29 is 17.9 Å². The Morgan fingerprint density at radius 2 is 1.97 bits per heavy atom. The Morgan fingerprint density at radius 3 is 2.55 bits per heavy atom. The minimum Gasteiger partial charge on any atom is -0.384 e. The summed E-state index contributed by atoms with van der Waals surface area (Å²) in [6, 6.07) is 10.2. The zero-order valence-corrected chi connectivity index (χ0v) is 19.1. The Balaban J connectivity index is 2.14. The predicted octanol–water partition coefficient (Wildman–Crippen LogP) is 3.85. The number of rotatable bonds is 8. The van der Waals surface area contributed by atoms with Crippen molar-refractivity contribution in [2.24, 2.45) is 0 Å². The smallest absolute Gasteiger partial charge is 0.175 e. The van der Waals surface area contributed by atoms with Crippen molar-refractivity contribution in [2.45, 2.75) is 37.3 Å². The third kappa shape index (κ3) is 5.33. The SMILES string of the molecule is CC(C)(O)c1c(Cc2ccc(S(C)(=O)=O)cc2)c2ncccc2n1C/C(F)=C/CNCl. The molecule has 2 heterocycles. The first-order valence-corrected chi connectivity index (χ1v) is 11.9. The minimum atomic E-state index is -3.29. The zero-order chi connectivity index (χ0) is 22.8. The van der Waals surface area contributed by atoms with Crippen LogP contribution >= 0.6 is 11.8 Å². The van der Waals surface area contributed by atoms with Crippen LogP contribution in [0, 0.1) is 0 Å². The standard InChI is InChI=1S/C22H25ClFN3O3S/c1-22(2,28)21-18(13-15-6-8-17(9-7-15)31(3,29)30)20-19(5-4-11-25-20)27(21)14-16(24)10-12-26-23/h4-11,26,28H,12-14H2,1-3H3/b16-10-. The van der Waals surface area contributed by atoms with Crippen molar-refractivity contribution in [3.05, 3.63) is 71.3 Å². The number of fused-ring (bicyclic) bond motifs is 1. The molecule has 0 radical (unpaired) electrons. The molecule has 31 heavy (non-hydrogen) atoms. The van der Waals surface area contributed by atoms with Crippen molar-refractivity contribution in [2.75, 3.05) is 12.8 Å². The maximum absolute atomic E-state index is 14.5. The van der Waals surface area contributed by atoms with Gasteiger partial charge in [0.15, 0.2) is 9.84 Å². The van der Waals surface area contributed by atoms with E-state index in [1.165, 1.54) is 6.08 Å². The average Bonchev–Trinajstić information content (AvgIpc) is 3.00. The third-order valence-corrected chi connectivity index (χ3v) is 6.22. The van der Waals surface area contributed by atoms with Crippen LogP contribution in [0.3, 0.4) is 0 Å². The fourth-order valence-electron chi connectivity index (χ4n) is 3.70. The molecule has 2 N–H and O–H groups in total. The van der Waals surface area contributed by atoms with Gasteiger partial charge >= 0.3 is 0 Å². The molecular formula is C22H25ClFN3O3S. The molecule has 166 valence electrons. The van der Waals surface area contributed by atoms with E-state index in [1.54, 1.807) is 54.9 Å². The highest BCUT2D eigenvalue weighted by atomic mass is 35.5. The Kier molecular flexibility index (Phi) is 6.85. The molecule has 0 saturated heterocycles. The fraction of sp³-hybridized carbons (Fsp3) is 0.318. The number of nitrogens with one attached hydrogen (secondary N) is 1. The summed E-state index contributed by atoms with van der Waals surface area (Å²) in [6.07, 6.45) is 4.56. The van der Waals surface area contributed by atoms with Gasteiger partial charge in [-0.1, -0.05) is 12.1 Å². The van der Waals surface area contributed by atoms with E-state index in [0.29, 0.717) is 23.1 Å². The number of pyridine rings is 1. The van der Waals surface area contributed by atoms with Gasteiger partial charge in [-0.2, -0.15) is 0 Å². The van der Waals surface area contributed by atoms with Gasteiger partial charge in [-0.15, -0.1) is 0 Å². The van der Waals surface area contributed by atoms with Crippen molar-refractivity contribution in [1.29, 1.82) is 0 Å². The molecule has 0 aliphatic rings. The van der Waals surface area contributed by atoms with Gasteiger partial charge in [-0.25, -0.2) is 17.6 Å². The van der Waals surface area contributed by atoms with E-state index in [4.69, 9.17) is 11.8 Å². The molecule has 0 fully saturated rings. The molecule has 0 saturated carbocycles. The normalized spacial score (nSPS) is 13.2. The van der Waals surface area contributed by atoms with E-state index in [-0.39, 0.29) is 18.0 Å². The van der Waals surface area contributed by atoms with Crippen molar-refractivity contribution in [1.82, 2.24) is 14.4 Å². The van der Waals surface area contributed by atoms with E-state index in [1.807, 2.05) is 6.07 Å². The van der Waals surface area contributed by atoms with Crippen LogP contribution < -0.4 is 4.84 Å². The van der Waals surface area contributed by atoms with Gasteiger partial charge in [0.25, 0.3) is 0 Å². The van der Waals surface area contributed by atoms with Crippen molar-refractivity contribution >= 4 is 32.6 Å². The first kappa shape index (κ1) is 23.4. The number of hydrogen-bond acceptors (Lipinski definition) is 5. The molecular weight excluding hydrogens is 441 g/mol. The van der Waals surface area contributed by atoms with Gasteiger partial charge in [-0.3, -0.25) is 4.98 Å². The molecule has 0 amide bonds. The van der Waals surface area contributed by atoms with E-state index in [9.17, 15) is 17.9 Å². The summed E-state index contributed by atoms with van der Waals surface area (Å²) in [4.78, 5) is 7.09. The fourth-order valence-corrected chi connectivity index (χ4v) is 4.41. The topological polar surface area (TPSA) is 84.2 Å². The summed E-state index contributed by atoms with van der Waals surface area (Å²) >= 11 is 5.43. The summed E-state index contributed by atoms with van der Waals surface area (Å²) in [5.74, 6) is -0.400. The lowest BCUT2D eigenvalue weighted by Crippen LogP contribution is -2.23. The number of sulfone groups is 1. The predicted molar refractivity (Wildman–Crippen MR) is 120 cm³/mol. The summed E-state index contributed by atoms with van der Waals surface area (Å²) in [5, 5.41) is 11.0. The lowest BCUT2D eigenvalue weighted by atomic mass is 9.96. The van der Waals surface area contributed by atoms with Crippen LogP contribution in [0.25, 0.3) is 11.0 Å². The first-order valence-electron chi connectivity index (χ1n) is 9.68. The highest BCUT2D eigenvalue weighted by molar-refractivity contribution is 7.90. The Hall–Kier alpha value is -2.26. The molecule has 1 aromatic carbocycles. The maximum Gasteiger partial charge on any atom is 0.175 e. The van der Waals surface area contributed by atoms with Gasteiger partial charge in [0.1, 0.15) is 5.83 Å². The highest BCUT2D eigenvalue weighted by Gasteiger charge is 2.29. The molecule has 6 nitrogen and oxygen atoms in total. The van der Waals surface area contributed by atoms with Crippen LogP contribution in [-0.2, 0) is 28.4 Å². The molecule has 3 aromatic rings. The second-order valence-electron chi connectivity index (χ2n) is 7.93. The summed E-state index contributed by atoms with van der Waals surface area (Å²) in [6.45, 7) is 3.39. The first-order chi connectivity index (χ1) is 14.5. The summed E-state index contributed by atoms with van der Waals surface area (Å²) < 4.78 is 39.8. The molecule has 0 unspecified atom stereocenters. The monoisotopic (exact) mass is 465 g/mol. The van der Waals surface area contributed by atoms with Crippen LogP contribution in [0.1, 0.15) is 30.7 Å². The highest BCUT2D eigenvalue weighted by Crippen LogP contribution is 2.34. The van der Waals surface area contributed by atoms with Crippen molar-refractivity contribution in [3.8, 4) is 0 Å². The maximum atomic E-state index is 14.5. The molecule has 0 spiro atoms. The largest absolute Gasteiger partial charge is 0.384 e. The number of nitrogens with zero attached hydrogens (tertiary/aromatic N) is 2. The van der Waals surface area contributed by atoms with Gasteiger partial charge in [0.2, 0.25) is 0 Å². The second kappa shape index (κ2) is 9.08. The Bertz CT molecular complexity index is 1210. The zero-order valence-electron chi connectivity index (χ0n) is 17.6. The minimum absolute atomic E-state index is 0.0763. The van der Waals surface area contributed by atoms with Crippen LogP contribution in [-0.4, -0.2) is 35.9 Å². The molecule has 9 heteroatoms. The third-order valence-electron chi connectivity index (χ3n) is 4.94. The van der Waals surface area contributed by atoms with Crippen LogP contribution in [0.15, 0.2) is 59.4 Å². The number of aromatic nitrogens is 2. The van der Waals surface area contributed by atoms with E-state index < -0.39 is 21.3 Å². The molecule has 0 atom stereocenters. The van der Waals surface area contributed by atoms with Gasteiger partial charge in [-0.05, 0) is 61.5 Å². The Morgan fingerprint density at radius 1 is 1.29 bits per heavy atom. The van der Waals surface area contributed by atoms with Crippen LogP contribution in [0.5, 0.6) is 0 Å². The number of allylic oxidation sites excluding steroid dienone is 1. The van der Waals surface area contributed by atoms with Crippen molar-refractivity contribution in [3.63, 3.8) is 0 Å². The molecule has 2 aromatic heterocycles. The van der Waals surface area contributed by atoms with Gasteiger partial charge in [0.05, 0.1) is 33.8 Å². The Labute approximate surface area is 186 Å². The average molecular weight is 466 g/mol. The molecule has 0 aliphatic carbocycles. The summed E-state index contributed by atoms with van der Waals surface area (Å²) in [5.41, 5.74) is 2.26. The van der Waals surface area contributed by atoms with E-state index in [0.717, 1.165) is 17.4 Å². The van der Waals surface area contributed by atoms with Gasteiger partial charge < -0.3 is 9.67 Å². The quantitative estimate of drug-likeness (QED) is 0.493. The molecule has 0 aliphatic heterocycles. The number of halogens is 2. The number of aliphatic hydroxyl groups is 1. The van der Waals surface area contributed by atoms with E-state index in [2.05, 4.69) is 9.82 Å². The van der Waals surface area contributed by atoms with Crippen LogP contribution in [0.4, 0.5) is 4.39 Å². The second-order valence-corrected chi connectivity index (χ2v) is 10.2. The number of hydrogen-bond donors (Lipinski definition) is 2.